The molecule has 1 fully saturated rings. The van der Waals surface area contributed by atoms with Gasteiger partial charge < -0.3 is 0 Å². The second kappa shape index (κ2) is 6.97. The SMILES string of the molecule is O=C1[C@H]2C(c3ccccc3)=NN(c3ccccc3)[C@H]2C(=O)N1c1ccc(Br)cc1. The number of nitrogens with zero attached hydrogens (tertiary/aromatic N) is 3. The van der Waals surface area contributed by atoms with E-state index in [4.69, 9.17) is 5.10 Å². The molecule has 2 amide bonds. The van der Waals surface area contributed by atoms with Crippen LogP contribution in [0.15, 0.2) is 94.5 Å². The van der Waals surface area contributed by atoms with Crippen LogP contribution in [0.4, 0.5) is 11.4 Å². The van der Waals surface area contributed by atoms with E-state index in [9.17, 15) is 9.59 Å². The first-order valence-electron chi connectivity index (χ1n) is 9.27. The number of carbonyl (C=O) groups is 2. The Morgan fingerprint density at radius 1 is 0.724 bits per heavy atom. The first-order valence-corrected chi connectivity index (χ1v) is 10.1. The van der Waals surface area contributed by atoms with Crippen molar-refractivity contribution in [3.05, 3.63) is 95.0 Å². The number of benzene rings is 3. The van der Waals surface area contributed by atoms with Crippen LogP contribution in [0.2, 0.25) is 0 Å². The third kappa shape index (κ3) is 2.87. The Balaban J connectivity index is 1.63. The average Bonchev–Trinajstić information content (AvgIpc) is 3.27. The van der Waals surface area contributed by atoms with Gasteiger partial charge >= 0.3 is 0 Å². The molecule has 29 heavy (non-hydrogen) atoms. The van der Waals surface area contributed by atoms with E-state index in [-0.39, 0.29) is 11.8 Å². The van der Waals surface area contributed by atoms with Gasteiger partial charge in [-0.3, -0.25) is 14.6 Å². The first-order chi connectivity index (χ1) is 14.1. The van der Waals surface area contributed by atoms with E-state index in [1.807, 2.05) is 72.8 Å². The number of rotatable bonds is 3. The molecule has 142 valence electrons. The highest BCUT2D eigenvalue weighted by Crippen LogP contribution is 2.39. The lowest BCUT2D eigenvalue weighted by Gasteiger charge is -2.22. The Morgan fingerprint density at radius 2 is 1.34 bits per heavy atom. The monoisotopic (exact) mass is 445 g/mol. The number of halogens is 1. The number of carbonyl (C=O) groups excluding carboxylic acids is 2. The zero-order valence-electron chi connectivity index (χ0n) is 15.3. The fourth-order valence-corrected chi connectivity index (χ4v) is 4.16. The molecular weight excluding hydrogens is 430 g/mol. The third-order valence-corrected chi connectivity index (χ3v) is 5.75. The summed E-state index contributed by atoms with van der Waals surface area (Å²) in [6.07, 6.45) is 0. The van der Waals surface area contributed by atoms with Crippen LogP contribution >= 0.6 is 15.9 Å². The molecule has 6 heteroatoms. The van der Waals surface area contributed by atoms with Crippen molar-refractivity contribution < 1.29 is 9.59 Å². The number of hydrogen-bond acceptors (Lipinski definition) is 4. The summed E-state index contributed by atoms with van der Waals surface area (Å²) >= 11 is 3.40. The number of fused-ring (bicyclic) bond motifs is 1. The molecule has 0 bridgehead atoms. The minimum absolute atomic E-state index is 0.247. The molecule has 0 unspecified atom stereocenters. The minimum atomic E-state index is -0.691. The van der Waals surface area contributed by atoms with Gasteiger partial charge in [-0.15, -0.1) is 0 Å². The zero-order chi connectivity index (χ0) is 20.0. The van der Waals surface area contributed by atoms with Crippen LogP contribution in [-0.4, -0.2) is 23.6 Å². The van der Waals surface area contributed by atoms with Crippen molar-refractivity contribution in [2.45, 2.75) is 6.04 Å². The lowest BCUT2D eigenvalue weighted by molar-refractivity contribution is -0.121. The van der Waals surface area contributed by atoms with Crippen molar-refractivity contribution in [2.24, 2.45) is 11.0 Å². The maximum absolute atomic E-state index is 13.4. The van der Waals surface area contributed by atoms with Crippen molar-refractivity contribution in [1.29, 1.82) is 0 Å². The summed E-state index contributed by atoms with van der Waals surface area (Å²) in [7, 11) is 0. The van der Waals surface area contributed by atoms with Crippen LogP contribution in [-0.2, 0) is 9.59 Å². The molecule has 5 rings (SSSR count). The van der Waals surface area contributed by atoms with Crippen molar-refractivity contribution >= 4 is 44.8 Å². The molecule has 5 nitrogen and oxygen atoms in total. The molecule has 0 radical (unpaired) electrons. The van der Waals surface area contributed by atoms with E-state index < -0.39 is 12.0 Å². The Morgan fingerprint density at radius 3 is 2.00 bits per heavy atom. The summed E-state index contributed by atoms with van der Waals surface area (Å²) in [5.74, 6) is -1.15. The maximum atomic E-state index is 13.4. The smallest absolute Gasteiger partial charge is 0.259 e. The highest BCUT2D eigenvalue weighted by atomic mass is 79.9. The van der Waals surface area contributed by atoms with Crippen molar-refractivity contribution in [3.63, 3.8) is 0 Å². The van der Waals surface area contributed by atoms with Gasteiger partial charge in [0.25, 0.3) is 5.91 Å². The fourth-order valence-electron chi connectivity index (χ4n) is 3.90. The molecule has 0 aliphatic carbocycles. The number of imide groups is 1. The second-order valence-corrected chi connectivity index (χ2v) is 7.86. The maximum Gasteiger partial charge on any atom is 0.259 e. The van der Waals surface area contributed by atoms with E-state index in [1.165, 1.54) is 4.90 Å². The van der Waals surface area contributed by atoms with Crippen LogP contribution in [0.1, 0.15) is 5.56 Å². The Labute approximate surface area is 176 Å². The summed E-state index contributed by atoms with van der Waals surface area (Å²) in [6, 6.07) is 25.6. The van der Waals surface area contributed by atoms with Crippen LogP contribution in [0.25, 0.3) is 0 Å². The predicted octanol–water partition coefficient (Wildman–Crippen LogP) is 4.23. The molecule has 0 aromatic heterocycles. The van der Waals surface area contributed by atoms with Gasteiger partial charge in [0.1, 0.15) is 12.0 Å². The number of hydrazone groups is 1. The molecule has 2 aliphatic heterocycles. The highest BCUT2D eigenvalue weighted by molar-refractivity contribution is 9.10. The van der Waals surface area contributed by atoms with Gasteiger partial charge in [0.15, 0.2) is 0 Å². The fraction of sp³-hybridized carbons (Fsp3) is 0.0870. The summed E-state index contributed by atoms with van der Waals surface area (Å²) < 4.78 is 0.887. The van der Waals surface area contributed by atoms with Gasteiger partial charge in [0.2, 0.25) is 5.91 Å². The van der Waals surface area contributed by atoms with E-state index in [2.05, 4.69) is 15.9 Å². The number of hydrogen-bond donors (Lipinski definition) is 0. The molecule has 2 heterocycles. The van der Waals surface area contributed by atoms with Gasteiger partial charge in [-0.2, -0.15) is 5.10 Å². The second-order valence-electron chi connectivity index (χ2n) is 6.94. The Hall–Kier alpha value is -3.25. The van der Waals surface area contributed by atoms with E-state index in [0.29, 0.717) is 11.4 Å². The summed E-state index contributed by atoms with van der Waals surface area (Å²) in [5, 5.41) is 6.42. The normalized spacial score (nSPS) is 20.8. The molecular formula is C23H16BrN3O2. The third-order valence-electron chi connectivity index (χ3n) is 5.22. The van der Waals surface area contributed by atoms with Gasteiger partial charge in [-0.25, -0.2) is 4.90 Å². The van der Waals surface area contributed by atoms with E-state index in [1.54, 1.807) is 17.1 Å². The van der Waals surface area contributed by atoms with Crippen molar-refractivity contribution in [3.8, 4) is 0 Å². The van der Waals surface area contributed by atoms with Gasteiger partial charge in [0, 0.05) is 4.47 Å². The van der Waals surface area contributed by atoms with Gasteiger partial charge in [0.05, 0.1) is 17.1 Å². The van der Waals surface area contributed by atoms with E-state index >= 15 is 0 Å². The molecule has 0 saturated carbocycles. The van der Waals surface area contributed by atoms with Crippen molar-refractivity contribution in [2.75, 3.05) is 9.91 Å². The molecule has 3 aromatic rings. The predicted molar refractivity (Wildman–Crippen MR) is 116 cm³/mol. The van der Waals surface area contributed by atoms with Crippen LogP contribution < -0.4 is 9.91 Å². The summed E-state index contributed by atoms with van der Waals surface area (Å²) in [4.78, 5) is 28.1. The number of amides is 2. The van der Waals surface area contributed by atoms with Crippen LogP contribution in [0, 0.1) is 5.92 Å². The quantitative estimate of drug-likeness (QED) is 0.566. The molecule has 0 N–H and O–H groups in total. The lowest BCUT2D eigenvalue weighted by Crippen LogP contribution is -2.39. The Bertz CT molecular complexity index is 1110. The standard InChI is InChI=1S/C23H16BrN3O2/c24-16-11-13-17(14-12-16)26-22(28)19-20(15-7-3-1-4-8-15)25-27(21(19)23(26)29)18-9-5-2-6-10-18/h1-14,19,21H/t19-,21+/m0/s1. The van der Waals surface area contributed by atoms with Gasteiger partial charge in [-0.05, 0) is 42.0 Å². The number of para-hydroxylation sites is 1. The average molecular weight is 446 g/mol. The largest absolute Gasteiger partial charge is 0.273 e. The van der Waals surface area contributed by atoms with E-state index in [0.717, 1.165) is 15.7 Å². The lowest BCUT2D eigenvalue weighted by atomic mass is 9.93. The zero-order valence-corrected chi connectivity index (χ0v) is 16.9. The highest BCUT2D eigenvalue weighted by Gasteiger charge is 2.57. The molecule has 3 aromatic carbocycles. The first kappa shape index (κ1) is 17.8. The summed E-state index contributed by atoms with van der Waals surface area (Å²) in [5.41, 5.74) is 2.82. The van der Waals surface area contributed by atoms with Gasteiger partial charge in [-0.1, -0.05) is 64.5 Å². The topological polar surface area (TPSA) is 53.0 Å². The summed E-state index contributed by atoms with van der Waals surface area (Å²) in [6.45, 7) is 0. The Kier molecular flexibility index (Phi) is 4.28. The molecule has 2 atom stereocenters. The minimum Gasteiger partial charge on any atom is -0.273 e. The van der Waals surface area contributed by atoms with Crippen LogP contribution in [0.3, 0.4) is 0 Å². The molecule has 0 spiro atoms. The van der Waals surface area contributed by atoms with Crippen molar-refractivity contribution in [1.82, 2.24) is 0 Å². The number of anilines is 2. The molecule has 2 aliphatic rings. The van der Waals surface area contributed by atoms with Crippen LogP contribution in [0.5, 0.6) is 0 Å². The molecule has 1 saturated heterocycles.